The molecule has 3 N–H and O–H groups in total. The molecular formula is C16H22ClN3O2. The van der Waals surface area contributed by atoms with Gasteiger partial charge in [0.15, 0.2) is 0 Å². The molecule has 0 aromatic heterocycles. The summed E-state index contributed by atoms with van der Waals surface area (Å²) in [5, 5.41) is 9.25. The van der Waals surface area contributed by atoms with Crippen LogP contribution in [0.25, 0.3) is 0 Å². The molecule has 3 amide bonds. The van der Waals surface area contributed by atoms with E-state index in [-0.39, 0.29) is 18.0 Å². The zero-order chi connectivity index (χ0) is 16.1. The molecule has 6 heteroatoms. The molecule has 0 bridgehead atoms. The van der Waals surface area contributed by atoms with Crippen LogP contribution in [0.3, 0.4) is 0 Å². The number of benzene rings is 1. The van der Waals surface area contributed by atoms with Crippen LogP contribution in [0.15, 0.2) is 12.1 Å². The molecule has 2 rings (SSSR count). The van der Waals surface area contributed by atoms with E-state index < -0.39 is 0 Å². The van der Waals surface area contributed by atoms with Crippen LogP contribution in [0.4, 0.5) is 10.5 Å². The first kappa shape index (κ1) is 16.6. The number of aryl methyl sites for hydroxylation is 1. The Balaban J connectivity index is 2.07. The molecule has 1 atom stereocenters. The first-order valence-electron chi connectivity index (χ1n) is 7.69. The molecule has 0 radical (unpaired) electrons. The third kappa shape index (κ3) is 3.91. The molecule has 120 valence electrons. The zero-order valence-electron chi connectivity index (χ0n) is 13.0. The van der Waals surface area contributed by atoms with Crippen molar-refractivity contribution in [2.24, 2.45) is 0 Å². The van der Waals surface area contributed by atoms with Gasteiger partial charge in [-0.25, -0.2) is 4.79 Å². The highest BCUT2D eigenvalue weighted by Gasteiger charge is 2.20. The van der Waals surface area contributed by atoms with Crippen molar-refractivity contribution >= 4 is 29.2 Å². The summed E-state index contributed by atoms with van der Waals surface area (Å²) in [6.45, 7) is 4.53. The Hall–Kier alpha value is -1.75. The number of piperidine rings is 1. The SMILES string of the molecule is CCc1ccc(Cl)c(CC)c1NC(=O)N[C@@H]1CCC(=O)NC1. The number of hydrogen-bond acceptors (Lipinski definition) is 2. The van der Waals surface area contributed by atoms with Crippen LogP contribution in [0.5, 0.6) is 0 Å². The van der Waals surface area contributed by atoms with Crippen molar-refractivity contribution in [1.82, 2.24) is 10.6 Å². The molecular weight excluding hydrogens is 302 g/mol. The molecule has 0 spiro atoms. The fourth-order valence-electron chi connectivity index (χ4n) is 2.66. The van der Waals surface area contributed by atoms with Gasteiger partial charge in [-0.3, -0.25) is 4.79 Å². The van der Waals surface area contributed by atoms with E-state index in [1.807, 2.05) is 26.0 Å². The minimum atomic E-state index is -0.257. The van der Waals surface area contributed by atoms with Gasteiger partial charge >= 0.3 is 6.03 Å². The molecule has 1 aliphatic heterocycles. The predicted molar refractivity (Wildman–Crippen MR) is 88.4 cm³/mol. The van der Waals surface area contributed by atoms with E-state index in [4.69, 9.17) is 11.6 Å². The molecule has 1 saturated heterocycles. The molecule has 0 aliphatic carbocycles. The second kappa shape index (κ2) is 7.49. The van der Waals surface area contributed by atoms with Crippen LogP contribution < -0.4 is 16.0 Å². The molecule has 5 nitrogen and oxygen atoms in total. The smallest absolute Gasteiger partial charge is 0.319 e. The van der Waals surface area contributed by atoms with Crippen molar-refractivity contribution < 1.29 is 9.59 Å². The van der Waals surface area contributed by atoms with Crippen molar-refractivity contribution in [1.29, 1.82) is 0 Å². The molecule has 0 unspecified atom stereocenters. The number of urea groups is 1. The summed E-state index contributed by atoms with van der Waals surface area (Å²) in [6.07, 6.45) is 2.68. The maximum absolute atomic E-state index is 12.2. The average molecular weight is 324 g/mol. The minimum Gasteiger partial charge on any atom is -0.354 e. The molecule has 1 heterocycles. The molecule has 1 aliphatic rings. The van der Waals surface area contributed by atoms with E-state index in [0.717, 1.165) is 29.7 Å². The molecule has 0 saturated carbocycles. The maximum Gasteiger partial charge on any atom is 0.319 e. The highest BCUT2D eigenvalue weighted by Crippen LogP contribution is 2.29. The van der Waals surface area contributed by atoms with E-state index in [0.29, 0.717) is 24.4 Å². The Morgan fingerprint density at radius 1 is 1.36 bits per heavy atom. The Morgan fingerprint density at radius 3 is 2.73 bits per heavy atom. The van der Waals surface area contributed by atoms with E-state index in [1.54, 1.807) is 0 Å². The van der Waals surface area contributed by atoms with Gasteiger partial charge in [0.05, 0.1) is 5.69 Å². The molecule has 22 heavy (non-hydrogen) atoms. The van der Waals surface area contributed by atoms with Gasteiger partial charge in [-0.05, 0) is 36.5 Å². The van der Waals surface area contributed by atoms with Crippen LogP contribution in [0.2, 0.25) is 5.02 Å². The number of carbonyl (C=O) groups is 2. The average Bonchev–Trinajstić information content (AvgIpc) is 2.50. The maximum atomic E-state index is 12.2. The van der Waals surface area contributed by atoms with Gasteiger partial charge in [0, 0.05) is 24.0 Å². The quantitative estimate of drug-likeness (QED) is 0.797. The second-order valence-electron chi connectivity index (χ2n) is 5.41. The van der Waals surface area contributed by atoms with Gasteiger partial charge in [0.1, 0.15) is 0 Å². The van der Waals surface area contributed by atoms with Gasteiger partial charge in [0.25, 0.3) is 0 Å². The lowest BCUT2D eigenvalue weighted by molar-refractivity contribution is -0.122. The number of anilines is 1. The van der Waals surface area contributed by atoms with E-state index in [2.05, 4.69) is 16.0 Å². The molecule has 1 aromatic rings. The van der Waals surface area contributed by atoms with Crippen LogP contribution in [-0.2, 0) is 17.6 Å². The summed E-state index contributed by atoms with van der Waals surface area (Å²) in [5.74, 6) is 0.0369. The van der Waals surface area contributed by atoms with Gasteiger partial charge in [0.2, 0.25) is 5.91 Å². The first-order chi connectivity index (χ1) is 10.5. The van der Waals surface area contributed by atoms with Crippen LogP contribution in [-0.4, -0.2) is 24.5 Å². The lowest BCUT2D eigenvalue weighted by Gasteiger charge is -2.24. The minimum absolute atomic E-state index is 0.0352. The van der Waals surface area contributed by atoms with Crippen LogP contribution in [0, 0.1) is 0 Å². The summed E-state index contributed by atoms with van der Waals surface area (Å²) < 4.78 is 0. The monoisotopic (exact) mass is 323 g/mol. The molecule has 1 aromatic carbocycles. The predicted octanol–water partition coefficient (Wildman–Crippen LogP) is 2.86. The largest absolute Gasteiger partial charge is 0.354 e. The fraction of sp³-hybridized carbons (Fsp3) is 0.500. The van der Waals surface area contributed by atoms with E-state index in [1.165, 1.54) is 0 Å². The van der Waals surface area contributed by atoms with Crippen molar-refractivity contribution in [3.8, 4) is 0 Å². The highest BCUT2D eigenvalue weighted by molar-refractivity contribution is 6.31. The van der Waals surface area contributed by atoms with Crippen LogP contribution in [0.1, 0.15) is 37.8 Å². The Morgan fingerprint density at radius 2 is 2.14 bits per heavy atom. The van der Waals surface area contributed by atoms with Gasteiger partial charge in [-0.2, -0.15) is 0 Å². The second-order valence-corrected chi connectivity index (χ2v) is 5.81. The summed E-state index contributed by atoms with van der Waals surface area (Å²) in [4.78, 5) is 23.4. The first-order valence-corrected chi connectivity index (χ1v) is 8.07. The van der Waals surface area contributed by atoms with Crippen LogP contribution >= 0.6 is 11.6 Å². The molecule has 1 fully saturated rings. The van der Waals surface area contributed by atoms with Gasteiger partial charge < -0.3 is 16.0 Å². The number of halogens is 1. The number of amides is 3. The third-order valence-corrected chi connectivity index (χ3v) is 4.27. The summed E-state index contributed by atoms with van der Waals surface area (Å²) >= 11 is 6.23. The summed E-state index contributed by atoms with van der Waals surface area (Å²) in [5.41, 5.74) is 2.82. The number of nitrogens with one attached hydrogen (secondary N) is 3. The summed E-state index contributed by atoms with van der Waals surface area (Å²) in [6, 6.07) is 3.52. The van der Waals surface area contributed by atoms with Gasteiger partial charge in [-0.1, -0.05) is 31.5 Å². The fourth-order valence-corrected chi connectivity index (χ4v) is 2.95. The topological polar surface area (TPSA) is 70.2 Å². The number of hydrogen-bond donors (Lipinski definition) is 3. The van der Waals surface area contributed by atoms with E-state index >= 15 is 0 Å². The number of rotatable bonds is 4. The highest BCUT2D eigenvalue weighted by atomic mass is 35.5. The lowest BCUT2D eigenvalue weighted by atomic mass is 10.0. The van der Waals surface area contributed by atoms with Crippen molar-refractivity contribution in [2.75, 3.05) is 11.9 Å². The standard InChI is InChI=1S/C16H22ClN3O2/c1-3-10-5-7-13(17)12(4-2)15(10)20-16(22)19-11-6-8-14(21)18-9-11/h5,7,11H,3-4,6,8-9H2,1-2H3,(H,18,21)(H2,19,20,22)/t11-/m1/s1. The Bertz CT molecular complexity index is 565. The van der Waals surface area contributed by atoms with Crippen molar-refractivity contribution in [3.63, 3.8) is 0 Å². The zero-order valence-corrected chi connectivity index (χ0v) is 13.7. The van der Waals surface area contributed by atoms with E-state index in [9.17, 15) is 9.59 Å². The lowest BCUT2D eigenvalue weighted by Crippen LogP contribution is -2.49. The van der Waals surface area contributed by atoms with Crippen molar-refractivity contribution in [2.45, 2.75) is 45.6 Å². The van der Waals surface area contributed by atoms with Crippen molar-refractivity contribution in [3.05, 3.63) is 28.3 Å². The number of carbonyl (C=O) groups excluding carboxylic acids is 2. The van der Waals surface area contributed by atoms with Gasteiger partial charge in [-0.15, -0.1) is 0 Å². The summed E-state index contributed by atoms with van der Waals surface area (Å²) in [7, 11) is 0. The normalized spacial score (nSPS) is 17.8. The third-order valence-electron chi connectivity index (χ3n) is 3.92. The Labute approximate surface area is 135 Å². The Kier molecular flexibility index (Phi) is 5.66.